The summed E-state index contributed by atoms with van der Waals surface area (Å²) < 4.78 is 18.1. The Kier molecular flexibility index (Phi) is 10.7. The summed E-state index contributed by atoms with van der Waals surface area (Å²) in [5.74, 6) is -0.270. The number of ether oxygens (including phenoxy) is 3. The fourth-order valence-corrected chi connectivity index (χ4v) is 5.07. The van der Waals surface area contributed by atoms with E-state index in [-0.39, 0.29) is 24.2 Å². The first-order valence-corrected chi connectivity index (χ1v) is 13.6. The number of benzene rings is 3. The summed E-state index contributed by atoms with van der Waals surface area (Å²) in [6, 6.07) is 31.3. The molecule has 1 heterocycles. The van der Waals surface area contributed by atoms with Gasteiger partial charge in [-0.3, -0.25) is 4.90 Å². The van der Waals surface area contributed by atoms with Crippen molar-refractivity contribution in [1.29, 1.82) is 0 Å². The lowest BCUT2D eigenvalue weighted by molar-refractivity contribution is -0.137. The van der Waals surface area contributed by atoms with Gasteiger partial charge in [0.2, 0.25) is 0 Å². The van der Waals surface area contributed by atoms with Crippen LogP contribution in [-0.2, 0) is 32.2 Å². The molecule has 3 aromatic rings. The SMILES string of the molecule is CCOC(=O)/C=C1/CCN([C@@H](C)c2ccccc2)[C@@H]([C@@H](COCc2ccccc2)OCc2ccccc2)C1. The van der Waals surface area contributed by atoms with E-state index in [4.69, 9.17) is 14.2 Å². The number of likely N-dealkylation sites (tertiary alicyclic amines) is 1. The zero-order chi connectivity index (χ0) is 26.6. The van der Waals surface area contributed by atoms with Crippen molar-refractivity contribution < 1.29 is 19.0 Å². The lowest BCUT2D eigenvalue weighted by atomic mass is 9.90. The second kappa shape index (κ2) is 14.6. The number of rotatable bonds is 12. The molecule has 0 bridgehead atoms. The second-order valence-electron chi connectivity index (χ2n) is 9.74. The number of carbonyl (C=O) groups is 1. The van der Waals surface area contributed by atoms with Gasteiger partial charge in [-0.25, -0.2) is 4.79 Å². The smallest absolute Gasteiger partial charge is 0.330 e. The number of hydrogen-bond donors (Lipinski definition) is 0. The molecule has 1 aliphatic heterocycles. The van der Waals surface area contributed by atoms with Crippen LogP contribution in [0.1, 0.15) is 49.4 Å². The summed E-state index contributed by atoms with van der Waals surface area (Å²) in [6.07, 6.45) is 3.04. The second-order valence-corrected chi connectivity index (χ2v) is 9.74. The highest BCUT2D eigenvalue weighted by Gasteiger charge is 2.36. The summed E-state index contributed by atoms with van der Waals surface area (Å²) in [5.41, 5.74) is 4.63. The van der Waals surface area contributed by atoms with Gasteiger partial charge in [0.15, 0.2) is 0 Å². The van der Waals surface area contributed by atoms with Crippen molar-refractivity contribution in [3.05, 3.63) is 119 Å². The van der Waals surface area contributed by atoms with Crippen LogP contribution in [0.2, 0.25) is 0 Å². The fraction of sp³-hybridized carbons (Fsp3) is 0.364. The maximum Gasteiger partial charge on any atom is 0.330 e. The predicted octanol–water partition coefficient (Wildman–Crippen LogP) is 6.50. The van der Waals surface area contributed by atoms with Crippen molar-refractivity contribution in [3.8, 4) is 0 Å². The Hall–Kier alpha value is -3.25. The molecule has 3 atom stereocenters. The van der Waals surface area contributed by atoms with E-state index in [0.717, 1.165) is 36.1 Å². The van der Waals surface area contributed by atoms with Gasteiger partial charge in [0, 0.05) is 24.7 Å². The first-order valence-electron chi connectivity index (χ1n) is 13.6. The molecule has 4 rings (SSSR count). The lowest BCUT2D eigenvalue weighted by Crippen LogP contribution is -2.50. The fourth-order valence-electron chi connectivity index (χ4n) is 5.07. The molecule has 0 aromatic heterocycles. The zero-order valence-corrected chi connectivity index (χ0v) is 22.5. The van der Waals surface area contributed by atoms with Crippen molar-refractivity contribution in [3.63, 3.8) is 0 Å². The molecule has 200 valence electrons. The van der Waals surface area contributed by atoms with Crippen LogP contribution in [0.3, 0.4) is 0 Å². The third-order valence-corrected chi connectivity index (χ3v) is 7.11. The molecule has 1 saturated heterocycles. The van der Waals surface area contributed by atoms with Gasteiger partial charge >= 0.3 is 5.97 Å². The maximum absolute atomic E-state index is 12.3. The molecule has 0 N–H and O–H groups in total. The Bertz CT molecular complexity index is 1130. The molecule has 0 spiro atoms. The average molecular weight is 514 g/mol. The minimum absolute atomic E-state index is 0.0409. The van der Waals surface area contributed by atoms with Gasteiger partial charge in [0.25, 0.3) is 0 Å². The summed E-state index contributed by atoms with van der Waals surface area (Å²) in [4.78, 5) is 14.8. The van der Waals surface area contributed by atoms with Crippen LogP contribution in [0.15, 0.2) is 103 Å². The molecule has 0 aliphatic carbocycles. The monoisotopic (exact) mass is 513 g/mol. The van der Waals surface area contributed by atoms with Crippen LogP contribution in [0.25, 0.3) is 0 Å². The van der Waals surface area contributed by atoms with E-state index in [1.807, 2.05) is 49.4 Å². The quantitative estimate of drug-likeness (QED) is 0.204. The highest BCUT2D eigenvalue weighted by Crippen LogP contribution is 2.33. The molecule has 0 saturated carbocycles. The molecule has 1 fully saturated rings. The Morgan fingerprint density at radius 3 is 2.16 bits per heavy atom. The Labute approximate surface area is 227 Å². The summed E-state index contributed by atoms with van der Waals surface area (Å²) >= 11 is 0. The van der Waals surface area contributed by atoms with Crippen molar-refractivity contribution in [1.82, 2.24) is 4.90 Å². The number of esters is 1. The third-order valence-electron chi connectivity index (χ3n) is 7.11. The number of hydrogen-bond acceptors (Lipinski definition) is 5. The summed E-state index contributed by atoms with van der Waals surface area (Å²) in [7, 11) is 0. The molecule has 0 radical (unpaired) electrons. The largest absolute Gasteiger partial charge is 0.463 e. The summed E-state index contributed by atoms with van der Waals surface area (Å²) in [5, 5.41) is 0. The molecular weight excluding hydrogens is 474 g/mol. The maximum atomic E-state index is 12.3. The zero-order valence-electron chi connectivity index (χ0n) is 22.5. The van der Waals surface area contributed by atoms with Gasteiger partial charge in [0.05, 0.1) is 32.5 Å². The van der Waals surface area contributed by atoms with Gasteiger partial charge in [-0.15, -0.1) is 0 Å². The standard InChI is InChI=1S/C33H39NO4/c1-3-37-33(35)22-29-19-20-34(26(2)30-17-11-6-12-18-30)31(21-29)32(38-24-28-15-9-5-10-16-28)25-36-23-27-13-7-4-8-14-27/h4-18,22,26,31-32H,3,19-21,23-25H2,1-2H3/b29-22-/t26-,31+,32+/m0/s1. The first kappa shape index (κ1) is 27.8. The number of carbonyl (C=O) groups excluding carboxylic acids is 1. The molecule has 0 amide bonds. The minimum Gasteiger partial charge on any atom is -0.463 e. The van der Waals surface area contributed by atoms with E-state index in [9.17, 15) is 4.79 Å². The van der Waals surface area contributed by atoms with E-state index in [2.05, 4.69) is 60.4 Å². The van der Waals surface area contributed by atoms with E-state index in [1.54, 1.807) is 6.08 Å². The normalized spacial score (nSPS) is 18.7. The Morgan fingerprint density at radius 2 is 1.53 bits per heavy atom. The van der Waals surface area contributed by atoms with Crippen LogP contribution >= 0.6 is 0 Å². The van der Waals surface area contributed by atoms with Crippen molar-refractivity contribution in [2.75, 3.05) is 19.8 Å². The van der Waals surface area contributed by atoms with E-state index >= 15 is 0 Å². The van der Waals surface area contributed by atoms with Gasteiger partial charge in [-0.2, -0.15) is 0 Å². The first-order chi connectivity index (χ1) is 18.6. The van der Waals surface area contributed by atoms with Crippen LogP contribution in [0.4, 0.5) is 0 Å². The molecule has 1 aliphatic rings. The van der Waals surface area contributed by atoms with Crippen LogP contribution in [-0.4, -0.2) is 42.8 Å². The molecule has 0 unspecified atom stereocenters. The number of piperidine rings is 1. The topological polar surface area (TPSA) is 48.0 Å². The van der Waals surface area contributed by atoms with Crippen molar-refractivity contribution in [2.45, 2.75) is 58.1 Å². The molecule has 5 nitrogen and oxygen atoms in total. The Morgan fingerprint density at radius 1 is 0.921 bits per heavy atom. The van der Waals surface area contributed by atoms with E-state index < -0.39 is 0 Å². The number of nitrogens with zero attached hydrogens (tertiary/aromatic N) is 1. The van der Waals surface area contributed by atoms with Crippen LogP contribution in [0.5, 0.6) is 0 Å². The molecule has 38 heavy (non-hydrogen) atoms. The molecule has 3 aromatic carbocycles. The van der Waals surface area contributed by atoms with Crippen LogP contribution in [0, 0.1) is 0 Å². The van der Waals surface area contributed by atoms with Gasteiger partial charge in [0.1, 0.15) is 0 Å². The van der Waals surface area contributed by atoms with E-state index in [1.165, 1.54) is 5.56 Å². The highest BCUT2D eigenvalue weighted by molar-refractivity contribution is 5.82. The van der Waals surface area contributed by atoms with Crippen molar-refractivity contribution >= 4 is 5.97 Å². The average Bonchev–Trinajstić information content (AvgIpc) is 2.96. The van der Waals surface area contributed by atoms with Gasteiger partial charge < -0.3 is 14.2 Å². The van der Waals surface area contributed by atoms with Crippen molar-refractivity contribution in [2.24, 2.45) is 0 Å². The Balaban J connectivity index is 1.58. The minimum atomic E-state index is -0.270. The summed E-state index contributed by atoms with van der Waals surface area (Å²) in [6.45, 7) is 6.77. The van der Waals surface area contributed by atoms with Crippen LogP contribution < -0.4 is 0 Å². The highest BCUT2D eigenvalue weighted by atomic mass is 16.5. The third kappa shape index (κ3) is 8.12. The van der Waals surface area contributed by atoms with Gasteiger partial charge in [-0.05, 0) is 43.4 Å². The van der Waals surface area contributed by atoms with E-state index in [0.29, 0.717) is 26.4 Å². The van der Waals surface area contributed by atoms with Gasteiger partial charge in [-0.1, -0.05) is 96.6 Å². The lowest BCUT2D eigenvalue weighted by Gasteiger charge is -2.44. The predicted molar refractivity (Wildman–Crippen MR) is 150 cm³/mol. The molecular formula is C33H39NO4. The molecule has 5 heteroatoms.